The summed E-state index contributed by atoms with van der Waals surface area (Å²) in [6.07, 6.45) is 2.12. The molecule has 0 saturated heterocycles. The monoisotopic (exact) mass is 275 g/mol. The summed E-state index contributed by atoms with van der Waals surface area (Å²) in [7, 11) is 0. The molecule has 0 bridgehead atoms. The third-order valence-corrected chi connectivity index (χ3v) is 3.23. The van der Waals surface area contributed by atoms with Crippen LogP contribution < -0.4 is 10.6 Å². The summed E-state index contributed by atoms with van der Waals surface area (Å²) >= 11 is 1.51. The molecule has 0 spiro atoms. The molecule has 0 aliphatic carbocycles. The molecule has 98 valence electrons. The predicted molar refractivity (Wildman–Crippen MR) is 74.2 cm³/mol. The molecule has 0 aromatic carbocycles. The van der Waals surface area contributed by atoms with Gasteiger partial charge in [-0.2, -0.15) is 10.4 Å². The minimum absolute atomic E-state index is 0.326. The molecule has 2 heterocycles. The number of nitriles is 1. The van der Waals surface area contributed by atoms with Gasteiger partial charge in [0.2, 0.25) is 0 Å². The number of urea groups is 1. The van der Waals surface area contributed by atoms with Gasteiger partial charge in [-0.1, -0.05) is 0 Å². The van der Waals surface area contributed by atoms with Crippen molar-refractivity contribution in [3.8, 4) is 6.07 Å². The lowest BCUT2D eigenvalue weighted by Crippen LogP contribution is -2.19. The minimum atomic E-state index is -0.326. The smallest absolute Gasteiger partial charge is 0.299 e. The second-order valence-electron chi connectivity index (χ2n) is 3.86. The average molecular weight is 275 g/mol. The molecule has 0 saturated carbocycles. The number of nitrogens with zero attached hydrogens (tertiary/aromatic N) is 3. The highest BCUT2D eigenvalue weighted by Gasteiger charge is 2.06. The largest absolute Gasteiger partial charge is 0.325 e. The van der Waals surface area contributed by atoms with Gasteiger partial charge in [0.25, 0.3) is 0 Å². The van der Waals surface area contributed by atoms with E-state index in [4.69, 9.17) is 5.26 Å². The average Bonchev–Trinajstić information content (AvgIpc) is 2.96. The van der Waals surface area contributed by atoms with Gasteiger partial charge in [0, 0.05) is 17.1 Å². The zero-order chi connectivity index (χ0) is 13.7. The van der Waals surface area contributed by atoms with E-state index in [2.05, 4.69) is 15.7 Å². The Morgan fingerprint density at radius 1 is 1.47 bits per heavy atom. The predicted octanol–water partition coefficient (Wildman–Crippen LogP) is 2.81. The van der Waals surface area contributed by atoms with Crippen molar-refractivity contribution in [2.24, 2.45) is 0 Å². The third kappa shape index (κ3) is 3.82. The van der Waals surface area contributed by atoms with Crippen LogP contribution in [0.5, 0.6) is 0 Å². The molecule has 2 amide bonds. The lowest BCUT2D eigenvalue weighted by atomic mass is 10.5. The molecule has 0 unspecified atom stereocenters. The lowest BCUT2D eigenvalue weighted by molar-refractivity contribution is 0.262. The zero-order valence-corrected chi connectivity index (χ0v) is 11.2. The Morgan fingerprint density at radius 2 is 2.32 bits per heavy atom. The molecular weight excluding hydrogens is 262 g/mol. The van der Waals surface area contributed by atoms with Crippen LogP contribution in [0.25, 0.3) is 0 Å². The van der Waals surface area contributed by atoms with Crippen molar-refractivity contribution in [2.75, 3.05) is 10.6 Å². The molecule has 2 aromatic heterocycles. The number of nitrogens with one attached hydrogen (secondary N) is 2. The van der Waals surface area contributed by atoms with E-state index in [1.165, 1.54) is 11.3 Å². The number of amides is 2. The fraction of sp³-hybridized carbons (Fsp3) is 0.250. The van der Waals surface area contributed by atoms with Crippen LogP contribution in [-0.4, -0.2) is 15.8 Å². The standard InChI is InChI=1S/C12H13N5OS/c1-9-3-4-11(19-9)15-12(18)14-10-5-8-17(16-10)7-2-6-13/h3-5,8H,2,7H2,1H3,(H2,14,15,16,18). The van der Waals surface area contributed by atoms with E-state index in [-0.39, 0.29) is 6.03 Å². The molecule has 2 rings (SSSR count). The summed E-state index contributed by atoms with van der Waals surface area (Å²) < 4.78 is 1.62. The number of carbonyl (C=O) groups excluding carboxylic acids is 1. The molecule has 0 radical (unpaired) electrons. The topological polar surface area (TPSA) is 82.7 Å². The van der Waals surface area contributed by atoms with Gasteiger partial charge in [0.15, 0.2) is 5.82 Å². The third-order valence-electron chi connectivity index (χ3n) is 2.31. The summed E-state index contributed by atoms with van der Waals surface area (Å²) in [5.41, 5.74) is 0. The van der Waals surface area contributed by atoms with E-state index in [9.17, 15) is 4.79 Å². The molecule has 0 aliphatic rings. The van der Waals surface area contributed by atoms with E-state index >= 15 is 0 Å². The molecule has 2 N–H and O–H groups in total. The highest BCUT2D eigenvalue weighted by molar-refractivity contribution is 7.16. The maximum absolute atomic E-state index is 11.7. The SMILES string of the molecule is Cc1ccc(NC(=O)Nc2ccn(CCC#N)n2)s1. The lowest BCUT2D eigenvalue weighted by Gasteiger charge is -2.02. The van der Waals surface area contributed by atoms with Crippen LogP contribution in [0.4, 0.5) is 15.6 Å². The number of thiophene rings is 1. The van der Waals surface area contributed by atoms with Crippen LogP contribution >= 0.6 is 11.3 Å². The molecule has 7 heteroatoms. The summed E-state index contributed by atoms with van der Waals surface area (Å²) in [5.74, 6) is 0.462. The second kappa shape index (κ2) is 6.02. The number of hydrogen-bond acceptors (Lipinski definition) is 4. The Morgan fingerprint density at radius 3 is 3.00 bits per heavy atom. The number of anilines is 2. The Bertz CT molecular complexity index is 610. The Hall–Kier alpha value is -2.33. The first-order chi connectivity index (χ1) is 9.17. The number of hydrogen-bond donors (Lipinski definition) is 2. The van der Waals surface area contributed by atoms with Crippen molar-refractivity contribution < 1.29 is 4.79 Å². The van der Waals surface area contributed by atoms with Crippen LogP contribution in [0.1, 0.15) is 11.3 Å². The Labute approximate surface area is 114 Å². The molecule has 0 atom stereocenters. The summed E-state index contributed by atoms with van der Waals surface area (Å²) in [6.45, 7) is 2.49. The van der Waals surface area contributed by atoms with Gasteiger partial charge in [-0.3, -0.25) is 15.3 Å². The maximum Gasteiger partial charge on any atom is 0.325 e. The first-order valence-electron chi connectivity index (χ1n) is 5.72. The molecule has 19 heavy (non-hydrogen) atoms. The molecule has 6 nitrogen and oxygen atoms in total. The van der Waals surface area contributed by atoms with Crippen LogP contribution in [0, 0.1) is 18.3 Å². The van der Waals surface area contributed by atoms with Crippen LogP contribution in [0.3, 0.4) is 0 Å². The van der Waals surface area contributed by atoms with Crippen molar-refractivity contribution in [1.29, 1.82) is 5.26 Å². The first kappa shape index (κ1) is 13.1. The van der Waals surface area contributed by atoms with Crippen LogP contribution in [-0.2, 0) is 6.54 Å². The Kier molecular flexibility index (Phi) is 4.15. The summed E-state index contributed by atoms with van der Waals surface area (Å²) in [4.78, 5) is 12.8. The fourth-order valence-corrected chi connectivity index (χ4v) is 2.24. The number of rotatable bonds is 4. The van der Waals surface area contributed by atoms with Crippen molar-refractivity contribution in [2.45, 2.75) is 19.9 Å². The van der Waals surface area contributed by atoms with E-state index < -0.39 is 0 Å². The van der Waals surface area contributed by atoms with E-state index in [1.807, 2.05) is 25.1 Å². The van der Waals surface area contributed by atoms with Crippen LogP contribution in [0.15, 0.2) is 24.4 Å². The van der Waals surface area contributed by atoms with Gasteiger partial charge in [-0.25, -0.2) is 4.79 Å². The van der Waals surface area contributed by atoms with Gasteiger partial charge in [0.05, 0.1) is 24.0 Å². The van der Waals surface area contributed by atoms with Crippen molar-refractivity contribution >= 4 is 28.2 Å². The van der Waals surface area contributed by atoms with Crippen molar-refractivity contribution in [3.63, 3.8) is 0 Å². The number of aromatic nitrogens is 2. The maximum atomic E-state index is 11.7. The van der Waals surface area contributed by atoms with Gasteiger partial charge in [-0.15, -0.1) is 11.3 Å². The van der Waals surface area contributed by atoms with E-state index in [0.717, 1.165) is 9.88 Å². The van der Waals surface area contributed by atoms with E-state index in [1.54, 1.807) is 16.9 Å². The zero-order valence-electron chi connectivity index (χ0n) is 10.4. The van der Waals surface area contributed by atoms with Crippen LogP contribution in [0.2, 0.25) is 0 Å². The molecular formula is C12H13N5OS. The van der Waals surface area contributed by atoms with Gasteiger partial charge < -0.3 is 0 Å². The molecule has 2 aromatic rings. The fourth-order valence-electron chi connectivity index (χ4n) is 1.48. The summed E-state index contributed by atoms with van der Waals surface area (Å²) in [6, 6.07) is 7.20. The van der Waals surface area contributed by atoms with Gasteiger partial charge >= 0.3 is 6.03 Å². The summed E-state index contributed by atoms with van der Waals surface area (Å²) in [5, 5.41) is 18.8. The van der Waals surface area contributed by atoms with Gasteiger partial charge in [-0.05, 0) is 19.1 Å². The van der Waals surface area contributed by atoms with Crippen molar-refractivity contribution in [1.82, 2.24) is 9.78 Å². The molecule has 0 aliphatic heterocycles. The van der Waals surface area contributed by atoms with Gasteiger partial charge in [0.1, 0.15) is 0 Å². The normalized spacial score (nSPS) is 9.89. The first-order valence-corrected chi connectivity index (χ1v) is 6.54. The minimum Gasteiger partial charge on any atom is -0.299 e. The number of aryl methyl sites for hydroxylation is 2. The highest BCUT2D eigenvalue weighted by atomic mass is 32.1. The second-order valence-corrected chi connectivity index (χ2v) is 5.15. The van der Waals surface area contributed by atoms with Crippen molar-refractivity contribution in [3.05, 3.63) is 29.3 Å². The van der Waals surface area contributed by atoms with E-state index in [0.29, 0.717) is 18.8 Å². The molecule has 0 fully saturated rings. The Balaban J connectivity index is 1.88. The highest BCUT2D eigenvalue weighted by Crippen LogP contribution is 2.20. The quantitative estimate of drug-likeness (QED) is 0.900. The number of carbonyl (C=O) groups is 1.